The Hall–Kier alpha value is -0.420. The minimum atomic E-state index is 0.537. The molecule has 0 aromatic carbocycles. The van der Waals surface area contributed by atoms with Crippen molar-refractivity contribution in [2.75, 3.05) is 26.3 Å². The van der Waals surface area contributed by atoms with E-state index in [1.165, 1.54) is 21.7 Å². The quantitative estimate of drug-likeness (QED) is 0.812. The number of ether oxygens (including phenoxy) is 1. The van der Waals surface area contributed by atoms with Crippen molar-refractivity contribution < 1.29 is 4.74 Å². The van der Waals surface area contributed by atoms with E-state index >= 15 is 0 Å². The van der Waals surface area contributed by atoms with Gasteiger partial charge >= 0.3 is 0 Å². The summed E-state index contributed by atoms with van der Waals surface area (Å²) in [5.74, 6) is 0. The van der Waals surface area contributed by atoms with Crippen molar-refractivity contribution in [3.8, 4) is 0 Å². The zero-order chi connectivity index (χ0) is 13.7. The molecule has 2 heterocycles. The number of morpholine rings is 1. The van der Waals surface area contributed by atoms with E-state index in [1.54, 1.807) is 0 Å². The Morgan fingerprint density at radius 1 is 1.53 bits per heavy atom. The summed E-state index contributed by atoms with van der Waals surface area (Å²) in [7, 11) is 0. The lowest BCUT2D eigenvalue weighted by Crippen LogP contribution is -2.42. The molecule has 0 bridgehead atoms. The van der Waals surface area contributed by atoms with E-state index in [0.29, 0.717) is 6.04 Å². The van der Waals surface area contributed by atoms with Crippen LogP contribution in [-0.4, -0.2) is 37.2 Å². The molecule has 1 N–H and O–H groups in total. The summed E-state index contributed by atoms with van der Waals surface area (Å²) in [4.78, 5) is 5.45. The molecule has 1 atom stereocenters. The standard InChI is InChI=1S/C15H26N2OS/c1-4-5-16-9-15-8-14(13(3)19-15)10-17-6-7-18-11-12(17)2/h8,12,16H,4-7,9-11H2,1-3H3. The Balaban J connectivity index is 1.92. The number of nitrogens with one attached hydrogen (secondary N) is 1. The Kier molecular flexibility index (Phi) is 5.82. The van der Waals surface area contributed by atoms with Crippen LogP contribution in [0.2, 0.25) is 0 Å². The molecule has 1 aromatic heterocycles. The SMILES string of the molecule is CCCNCc1cc(CN2CCOCC2C)c(C)s1. The lowest BCUT2D eigenvalue weighted by atomic mass is 10.2. The highest BCUT2D eigenvalue weighted by atomic mass is 32.1. The fourth-order valence-electron chi connectivity index (χ4n) is 2.44. The van der Waals surface area contributed by atoms with Gasteiger partial charge in [-0.15, -0.1) is 11.3 Å². The average Bonchev–Trinajstić information content (AvgIpc) is 2.73. The molecule has 1 fully saturated rings. The first-order chi connectivity index (χ1) is 9.20. The first-order valence-electron chi connectivity index (χ1n) is 7.31. The molecule has 1 aliphatic rings. The summed E-state index contributed by atoms with van der Waals surface area (Å²) >= 11 is 1.93. The van der Waals surface area contributed by atoms with E-state index in [0.717, 1.165) is 39.4 Å². The number of hydrogen-bond donors (Lipinski definition) is 1. The maximum atomic E-state index is 5.50. The highest BCUT2D eigenvalue weighted by molar-refractivity contribution is 7.12. The molecule has 108 valence electrons. The lowest BCUT2D eigenvalue weighted by Gasteiger charge is -2.33. The molecule has 0 amide bonds. The summed E-state index contributed by atoms with van der Waals surface area (Å²) in [6.07, 6.45) is 1.20. The summed E-state index contributed by atoms with van der Waals surface area (Å²) in [5, 5.41) is 3.48. The van der Waals surface area contributed by atoms with E-state index in [4.69, 9.17) is 4.74 Å². The minimum absolute atomic E-state index is 0.537. The number of rotatable bonds is 6. The first-order valence-corrected chi connectivity index (χ1v) is 8.13. The van der Waals surface area contributed by atoms with Crippen molar-refractivity contribution >= 4 is 11.3 Å². The maximum Gasteiger partial charge on any atom is 0.0619 e. The van der Waals surface area contributed by atoms with E-state index in [9.17, 15) is 0 Å². The van der Waals surface area contributed by atoms with Gasteiger partial charge in [0.25, 0.3) is 0 Å². The van der Waals surface area contributed by atoms with E-state index in [-0.39, 0.29) is 0 Å². The molecule has 19 heavy (non-hydrogen) atoms. The van der Waals surface area contributed by atoms with Gasteiger partial charge in [0, 0.05) is 35.4 Å². The van der Waals surface area contributed by atoms with Crippen LogP contribution in [0.4, 0.5) is 0 Å². The highest BCUT2D eigenvalue weighted by Crippen LogP contribution is 2.24. The van der Waals surface area contributed by atoms with Crippen molar-refractivity contribution in [3.63, 3.8) is 0 Å². The van der Waals surface area contributed by atoms with E-state index in [1.807, 2.05) is 11.3 Å². The van der Waals surface area contributed by atoms with Crippen LogP contribution < -0.4 is 5.32 Å². The third kappa shape index (κ3) is 4.28. The maximum absolute atomic E-state index is 5.50. The van der Waals surface area contributed by atoms with Gasteiger partial charge in [-0.1, -0.05) is 6.92 Å². The number of aryl methyl sites for hydroxylation is 1. The molecule has 0 spiro atoms. The molecule has 3 nitrogen and oxygen atoms in total. The zero-order valence-corrected chi connectivity index (χ0v) is 13.2. The van der Waals surface area contributed by atoms with Crippen molar-refractivity contribution in [2.24, 2.45) is 0 Å². The smallest absolute Gasteiger partial charge is 0.0619 e. The second-order valence-electron chi connectivity index (χ2n) is 5.37. The van der Waals surface area contributed by atoms with Gasteiger partial charge in [-0.05, 0) is 38.4 Å². The van der Waals surface area contributed by atoms with Crippen LogP contribution in [0.5, 0.6) is 0 Å². The molecule has 4 heteroatoms. The third-order valence-corrected chi connectivity index (χ3v) is 4.77. The van der Waals surface area contributed by atoms with Gasteiger partial charge in [-0.2, -0.15) is 0 Å². The summed E-state index contributed by atoms with van der Waals surface area (Å²) in [6.45, 7) is 12.7. The van der Waals surface area contributed by atoms with E-state index < -0.39 is 0 Å². The molecule has 1 aliphatic heterocycles. The fourth-order valence-corrected chi connectivity index (χ4v) is 3.46. The van der Waals surface area contributed by atoms with Gasteiger partial charge in [-0.3, -0.25) is 4.90 Å². The van der Waals surface area contributed by atoms with Gasteiger partial charge in [0.2, 0.25) is 0 Å². The predicted molar refractivity (Wildman–Crippen MR) is 81.7 cm³/mol. The fraction of sp³-hybridized carbons (Fsp3) is 0.733. The van der Waals surface area contributed by atoms with Crippen LogP contribution in [0.3, 0.4) is 0 Å². The second kappa shape index (κ2) is 7.39. The van der Waals surface area contributed by atoms with E-state index in [2.05, 4.69) is 37.1 Å². The van der Waals surface area contributed by atoms with Crippen molar-refractivity contribution in [1.82, 2.24) is 10.2 Å². The van der Waals surface area contributed by atoms with Gasteiger partial charge in [0.1, 0.15) is 0 Å². The largest absolute Gasteiger partial charge is 0.379 e. The average molecular weight is 282 g/mol. The Bertz CT molecular complexity index is 391. The monoisotopic (exact) mass is 282 g/mol. The van der Waals surface area contributed by atoms with Crippen LogP contribution in [0.25, 0.3) is 0 Å². The van der Waals surface area contributed by atoms with Gasteiger partial charge in [0.05, 0.1) is 13.2 Å². The summed E-state index contributed by atoms with van der Waals surface area (Å²) in [6, 6.07) is 2.92. The molecule has 1 unspecified atom stereocenters. The topological polar surface area (TPSA) is 24.5 Å². The normalized spacial score (nSPS) is 20.9. The highest BCUT2D eigenvalue weighted by Gasteiger charge is 2.20. The Morgan fingerprint density at radius 3 is 3.11 bits per heavy atom. The number of nitrogens with zero attached hydrogens (tertiary/aromatic N) is 1. The van der Waals surface area contributed by atoms with Gasteiger partial charge in [0.15, 0.2) is 0 Å². The van der Waals surface area contributed by atoms with Crippen molar-refractivity contribution in [3.05, 3.63) is 21.4 Å². The van der Waals surface area contributed by atoms with Crippen molar-refractivity contribution in [1.29, 1.82) is 0 Å². The molecule has 1 saturated heterocycles. The second-order valence-corrected chi connectivity index (χ2v) is 6.71. The Morgan fingerprint density at radius 2 is 2.37 bits per heavy atom. The molecule has 0 radical (unpaired) electrons. The molecular formula is C15H26N2OS. The summed E-state index contributed by atoms with van der Waals surface area (Å²) < 4.78 is 5.50. The predicted octanol–water partition coefficient (Wildman–Crippen LogP) is 2.78. The number of thiophene rings is 1. The third-order valence-electron chi connectivity index (χ3n) is 3.68. The molecule has 2 rings (SSSR count). The lowest BCUT2D eigenvalue weighted by molar-refractivity contribution is -0.00439. The molecule has 0 aliphatic carbocycles. The molecule has 1 aromatic rings. The van der Waals surface area contributed by atoms with Crippen molar-refractivity contribution in [2.45, 2.75) is 46.3 Å². The Labute approximate surface area is 121 Å². The number of hydrogen-bond acceptors (Lipinski definition) is 4. The van der Waals surface area contributed by atoms with Crippen LogP contribution >= 0.6 is 11.3 Å². The van der Waals surface area contributed by atoms with Crippen LogP contribution in [-0.2, 0) is 17.8 Å². The first kappa shape index (κ1) is 15.0. The van der Waals surface area contributed by atoms with Crippen LogP contribution in [0, 0.1) is 6.92 Å². The van der Waals surface area contributed by atoms with Gasteiger partial charge in [-0.25, -0.2) is 0 Å². The molecule has 0 saturated carbocycles. The zero-order valence-electron chi connectivity index (χ0n) is 12.4. The summed E-state index contributed by atoms with van der Waals surface area (Å²) in [5.41, 5.74) is 1.49. The van der Waals surface area contributed by atoms with Crippen LogP contribution in [0.15, 0.2) is 6.07 Å². The van der Waals surface area contributed by atoms with Crippen LogP contribution in [0.1, 0.15) is 35.6 Å². The minimum Gasteiger partial charge on any atom is -0.379 e. The molecular weight excluding hydrogens is 256 g/mol. The van der Waals surface area contributed by atoms with Gasteiger partial charge < -0.3 is 10.1 Å².